The first kappa shape index (κ1) is 69.2. The van der Waals surface area contributed by atoms with Crippen molar-refractivity contribution in [3.8, 4) is 78.1 Å². The maximum Gasteiger partial charge on any atom is 0.489 e. The normalized spacial score (nSPS) is 14.8. The fourth-order valence-electron chi connectivity index (χ4n) is 20.9. The van der Waals surface area contributed by atoms with Crippen LogP contribution in [0.4, 0.5) is 0 Å². The topological polar surface area (TPSA) is 66.2 Å². The van der Waals surface area contributed by atoms with Crippen molar-refractivity contribution in [3.63, 3.8) is 0 Å². The number of hydrogen-bond acceptors (Lipinski definition) is 6. The summed E-state index contributed by atoms with van der Waals surface area (Å²) in [4.78, 5) is 10.0. The van der Waals surface area contributed by atoms with Crippen molar-refractivity contribution in [1.29, 1.82) is 0 Å². The third-order valence-electron chi connectivity index (χ3n) is 25.4. The molecule has 2 spiro atoms. The van der Waals surface area contributed by atoms with Gasteiger partial charge in [-0.05, 0) is 237 Å². The summed E-state index contributed by atoms with van der Waals surface area (Å²) in [7, 11) is -1.53. The molecule has 2 N–H and O–H groups in total. The van der Waals surface area contributed by atoms with Gasteiger partial charge in [0.05, 0.1) is 22.2 Å². The monoisotopic (exact) mass is 1590 g/mol. The van der Waals surface area contributed by atoms with Crippen molar-refractivity contribution >= 4 is 156 Å². The van der Waals surface area contributed by atoms with Gasteiger partial charge in [-0.3, -0.25) is 9.97 Å². The van der Waals surface area contributed by atoms with E-state index < -0.39 is 12.5 Å². The van der Waals surface area contributed by atoms with Crippen LogP contribution in [0.2, 0.25) is 0 Å². The summed E-state index contributed by atoms with van der Waals surface area (Å²) >= 11 is 7.55. The van der Waals surface area contributed by atoms with Gasteiger partial charge in [-0.2, -0.15) is 0 Å². The predicted molar refractivity (Wildman–Crippen MR) is 499 cm³/mol. The molecule has 548 valence electrons. The highest BCUT2D eigenvalue weighted by Gasteiger charge is 2.54. The minimum atomic E-state index is -1.53. The Morgan fingerprint density at radius 3 is 1.07 bits per heavy atom. The summed E-state index contributed by atoms with van der Waals surface area (Å²) in [5.41, 5.74) is 27.5. The minimum absolute atomic E-state index is 0. The lowest BCUT2D eigenvalue weighted by atomic mass is 9.70. The molecule has 4 nitrogen and oxygen atoms in total. The number of fused-ring (bicyclic) bond motifs is 32. The van der Waals surface area contributed by atoms with Gasteiger partial charge in [0.15, 0.2) is 0 Å². The van der Waals surface area contributed by atoms with Crippen LogP contribution in [0.5, 0.6) is 0 Å². The zero-order chi connectivity index (χ0) is 76.6. The van der Waals surface area contributed by atoms with Crippen LogP contribution in [0.25, 0.3) is 183 Å². The summed E-state index contributed by atoms with van der Waals surface area (Å²) in [5, 5.41) is 39.3. The molecule has 18 aromatic carbocycles. The third kappa shape index (κ3) is 9.88. The second kappa shape index (κ2) is 26.6. The molecule has 0 aliphatic heterocycles. The Morgan fingerprint density at radius 1 is 0.248 bits per heavy atom. The number of benzene rings is 18. The molecule has 0 bridgehead atoms. The average molecular weight is 1590 g/mol. The number of hydrogen-bond donors (Lipinski definition) is 2. The Hall–Kier alpha value is -13.3. The number of halogens is 1. The molecule has 117 heavy (non-hydrogen) atoms. The predicted octanol–water partition coefficient (Wildman–Crippen LogP) is 28.3. The van der Waals surface area contributed by atoms with Crippen molar-refractivity contribution in [2.75, 3.05) is 0 Å². The van der Waals surface area contributed by atoms with Crippen LogP contribution in [0, 0.1) is 0 Å². The van der Waals surface area contributed by atoms with E-state index in [0.29, 0.717) is 5.46 Å². The minimum Gasteiger partial charge on any atom is -0.423 e. The van der Waals surface area contributed by atoms with E-state index in [-0.39, 0.29) is 12.8 Å². The van der Waals surface area contributed by atoms with E-state index in [4.69, 9.17) is 9.97 Å². The molecule has 8 heteroatoms. The first-order chi connectivity index (χ1) is 57.3. The first-order valence-electron chi connectivity index (χ1n) is 39.5. The highest BCUT2D eigenvalue weighted by Crippen LogP contribution is 2.66. The summed E-state index contributed by atoms with van der Waals surface area (Å²) in [6.07, 6.45) is 3.88. The molecule has 4 heterocycles. The highest BCUT2D eigenvalue weighted by atomic mass is 79.9. The Bertz CT molecular complexity index is 7890. The quantitative estimate of drug-likeness (QED) is 0.136. The molecular weight excluding hydrogens is 1520 g/mol. The number of aromatic nitrogens is 2. The zero-order valence-electron chi connectivity index (χ0n) is 62.4. The van der Waals surface area contributed by atoms with Gasteiger partial charge >= 0.3 is 7.12 Å². The lowest BCUT2D eigenvalue weighted by molar-refractivity contribution is 0.426. The molecule has 26 rings (SSSR count). The Kier molecular flexibility index (Phi) is 15.8. The van der Waals surface area contributed by atoms with Gasteiger partial charge < -0.3 is 10.0 Å². The average Bonchev–Trinajstić information content (AvgIpc) is 1.51. The van der Waals surface area contributed by atoms with Crippen molar-refractivity contribution in [2.24, 2.45) is 0 Å². The fraction of sp³-hybridized carbons (Fsp3) is 0.0275. The smallest absolute Gasteiger partial charge is 0.423 e. The van der Waals surface area contributed by atoms with E-state index in [9.17, 15) is 10.0 Å². The van der Waals surface area contributed by atoms with Crippen LogP contribution in [-0.2, 0) is 10.8 Å². The largest absolute Gasteiger partial charge is 0.489 e. The van der Waals surface area contributed by atoms with Gasteiger partial charge in [0, 0.05) is 68.3 Å². The molecular formula is C109H68BBrN2O2S2. The van der Waals surface area contributed by atoms with Crippen molar-refractivity contribution in [1.82, 2.24) is 9.97 Å². The molecule has 4 aromatic heterocycles. The zero-order valence-corrected chi connectivity index (χ0v) is 65.6. The van der Waals surface area contributed by atoms with Gasteiger partial charge in [0.1, 0.15) is 0 Å². The Balaban J connectivity index is 0.000000112. The van der Waals surface area contributed by atoms with E-state index in [1.165, 1.54) is 184 Å². The molecule has 0 saturated heterocycles. The maximum absolute atomic E-state index is 10.1. The second-order valence-electron chi connectivity index (χ2n) is 31.0. The molecule has 4 aliphatic rings. The van der Waals surface area contributed by atoms with Gasteiger partial charge in [0.25, 0.3) is 0 Å². The first-order valence-corrected chi connectivity index (χ1v) is 41.9. The van der Waals surface area contributed by atoms with E-state index in [1.54, 1.807) is 0 Å². The Morgan fingerprint density at radius 2 is 0.598 bits per heavy atom. The van der Waals surface area contributed by atoms with Gasteiger partial charge in [-0.1, -0.05) is 321 Å². The lowest BCUT2D eigenvalue weighted by Crippen LogP contribution is -2.31. The number of thiophene rings is 2. The number of pyridine rings is 2. The van der Waals surface area contributed by atoms with Crippen LogP contribution in [-0.4, -0.2) is 27.1 Å². The van der Waals surface area contributed by atoms with Crippen molar-refractivity contribution in [3.05, 3.63) is 425 Å². The highest BCUT2D eigenvalue weighted by molar-refractivity contribution is 9.10. The maximum atomic E-state index is 10.1. The van der Waals surface area contributed by atoms with Crippen molar-refractivity contribution in [2.45, 2.75) is 18.3 Å². The summed E-state index contributed by atoms with van der Waals surface area (Å²) in [6, 6.07) is 132. The molecule has 4 aliphatic carbocycles. The van der Waals surface area contributed by atoms with Gasteiger partial charge in [-0.15, -0.1) is 22.7 Å². The Labute approximate surface area is 692 Å². The van der Waals surface area contributed by atoms with Crippen LogP contribution < -0.4 is 5.46 Å². The fourth-order valence-corrected chi connectivity index (χ4v) is 23.5. The van der Waals surface area contributed by atoms with E-state index in [2.05, 4.69) is 337 Å². The lowest BCUT2D eigenvalue weighted by Gasteiger charge is -2.30. The van der Waals surface area contributed by atoms with E-state index in [1.807, 2.05) is 77.5 Å². The van der Waals surface area contributed by atoms with E-state index >= 15 is 0 Å². The summed E-state index contributed by atoms with van der Waals surface area (Å²) in [6.45, 7) is 0. The molecule has 0 amide bonds. The molecule has 22 aromatic rings. The van der Waals surface area contributed by atoms with Crippen molar-refractivity contribution < 1.29 is 10.0 Å². The van der Waals surface area contributed by atoms with Gasteiger partial charge in [0.2, 0.25) is 0 Å². The molecule has 2 unspecified atom stereocenters. The van der Waals surface area contributed by atoms with Crippen LogP contribution in [0.1, 0.15) is 51.9 Å². The van der Waals surface area contributed by atoms with Crippen LogP contribution in [0.15, 0.2) is 381 Å². The SMILES string of the molecule is Brc1ccc2c(c1)C1(c3ccccc3-c3cc4sc5ccccc5c4cc31)c1cccnc1-2.C.OB(O)c1c2ccccc2c(-c2cccc3ccccc23)c2ccccc12.c1ccc2c(c1)-c1cc3sc4ccccc4c3cc1C21c2cc(-c3c4ccccc4c(-c4cccc5ccccc45)c4ccccc34)ccc2-c2ncccc21. The second-order valence-corrected chi connectivity index (χ2v) is 34.1. The number of rotatable bonds is 4. The third-order valence-corrected chi connectivity index (χ3v) is 28.2. The number of nitrogens with zero attached hydrogens (tertiary/aromatic N) is 2. The summed E-state index contributed by atoms with van der Waals surface area (Å²) in [5.74, 6) is 0. The molecule has 0 radical (unpaired) electrons. The van der Waals surface area contributed by atoms with Crippen LogP contribution >= 0.6 is 38.6 Å². The van der Waals surface area contributed by atoms with E-state index in [0.717, 1.165) is 48.5 Å². The molecule has 0 saturated carbocycles. The standard InChI is InChI=1S/C54H31NS.C30H16BrNS.C24H17BO2.CH4/c1-2-15-34-32(13-1)14-11-22-37(34)52-40-20-5-3-18-38(40)51(39-19-4-6-21-41(39)52)33-26-27-42-47(29-33)54(46-24-12-28-55-53(42)46)45-23-9-7-16-35(45)43-31-50-44(30-48(43)54)36-17-8-10-25-49(36)56-50;31-17-11-12-20-25(14-17)30(24-9-5-13-32-29(20)24)23-8-3-1-6-18(23)21-16-28-22(15-26(21)30)19-7-2-4-10-27(19)33-28;26-25(27)24-21-13-5-3-11-19(21)23(20-12-4-6-14-22(20)24)18-15-7-9-16-8-1-2-10-17(16)18;/h1-31H;1-16H;1-15,26-27H;1H4. The molecule has 0 fully saturated rings. The molecule has 2 atom stereocenters. The van der Waals surface area contributed by atoms with Gasteiger partial charge in [-0.25, -0.2) is 0 Å². The van der Waals surface area contributed by atoms with Crippen LogP contribution in [0.3, 0.4) is 0 Å². The summed E-state index contributed by atoms with van der Waals surface area (Å²) < 4.78 is 6.45.